The van der Waals surface area contributed by atoms with E-state index in [9.17, 15) is 48.3 Å². The molecule has 0 aliphatic heterocycles. The molecule has 0 bridgehead atoms. The molecule has 164 valence electrons. The molecule has 0 aromatic heterocycles. The number of hydrogen-bond donors (Lipinski definition) is 0. The fraction of sp³-hybridized carbons (Fsp3) is 1.00. The quantitative estimate of drug-likeness (QED) is 0.115. The predicted molar refractivity (Wildman–Crippen MR) is 86.3 cm³/mol. The van der Waals surface area contributed by atoms with E-state index >= 15 is 0 Å². The maximum atomic E-state index is 14.5. The number of hydrogen-bond acceptors (Lipinski definition) is 0. The second kappa shape index (κ2) is 8.76. The summed E-state index contributed by atoms with van der Waals surface area (Å²) in [6.45, 7) is 3.04. The number of unbranched alkanes of at least 4 members (excludes halogenated alkanes) is 3. The molecule has 27 heavy (non-hydrogen) atoms. The second-order valence-electron chi connectivity index (χ2n) is 6.44. The molecule has 0 saturated carbocycles. The first-order chi connectivity index (χ1) is 11.8. The van der Waals surface area contributed by atoms with Crippen molar-refractivity contribution in [3.63, 3.8) is 0 Å². The van der Waals surface area contributed by atoms with Crippen LogP contribution in [-0.2, 0) is 0 Å². The van der Waals surface area contributed by atoms with E-state index in [0.717, 1.165) is 6.42 Å². The molecule has 0 amide bonds. The Kier molecular flexibility index (Phi) is 8.75. The van der Waals surface area contributed by atoms with Crippen LogP contribution in [0.2, 0.25) is 0 Å². The number of alkyl halides is 12. The monoisotopic (exact) mass is 536 g/mol. The lowest BCUT2D eigenvalue weighted by atomic mass is 9.80. The summed E-state index contributed by atoms with van der Waals surface area (Å²) in [4.78, 5) is 0. The summed E-state index contributed by atoms with van der Waals surface area (Å²) >= 11 is 1.25. The maximum absolute atomic E-state index is 14.5. The molecule has 0 rings (SSSR count). The molecule has 0 N–H and O–H groups in total. The highest BCUT2D eigenvalue weighted by Gasteiger charge is 2.86. The molecule has 2 unspecified atom stereocenters. The Hall–Kier alpha value is -0.0400. The van der Waals surface area contributed by atoms with Crippen molar-refractivity contribution in [2.45, 2.75) is 92.1 Å². The summed E-state index contributed by atoms with van der Waals surface area (Å²) in [6, 6.07) is 0. The average molecular weight is 536 g/mol. The van der Waals surface area contributed by atoms with Crippen LogP contribution in [0.5, 0.6) is 0 Å². The summed E-state index contributed by atoms with van der Waals surface area (Å²) in [5.74, 6) is -14.2. The highest BCUT2D eigenvalue weighted by molar-refractivity contribution is 14.1. The van der Waals surface area contributed by atoms with Crippen LogP contribution < -0.4 is 0 Å². The molecule has 0 heterocycles. The highest BCUT2D eigenvalue weighted by atomic mass is 127. The van der Waals surface area contributed by atoms with E-state index in [1.54, 1.807) is 0 Å². The van der Waals surface area contributed by atoms with E-state index < -0.39 is 39.7 Å². The number of halogens is 12. The molecule has 0 nitrogen and oxygen atoms in total. The van der Waals surface area contributed by atoms with Crippen LogP contribution >= 0.6 is 22.6 Å². The predicted octanol–water partition coefficient (Wildman–Crippen LogP) is 8.03. The smallest absolute Gasteiger partial charge is 0.227 e. The van der Waals surface area contributed by atoms with Gasteiger partial charge >= 0.3 is 24.2 Å². The normalized spacial score (nSPS) is 18.9. The Morgan fingerprint density at radius 2 is 1.11 bits per heavy atom. The van der Waals surface area contributed by atoms with Gasteiger partial charge in [-0.25, -0.2) is 4.39 Å². The second-order valence-corrected chi connectivity index (χ2v) is 8.73. The van der Waals surface area contributed by atoms with Crippen molar-refractivity contribution in [2.75, 3.05) is 0 Å². The van der Waals surface area contributed by atoms with Gasteiger partial charge in [-0.2, -0.15) is 43.9 Å². The highest BCUT2D eigenvalue weighted by Crippen LogP contribution is 2.60. The molecule has 2 atom stereocenters. The molecule has 0 radical (unpaired) electrons. The number of rotatable bonds is 10. The molecule has 0 fully saturated rings. The molecule has 0 aromatic carbocycles. The summed E-state index contributed by atoms with van der Waals surface area (Å²) in [7, 11) is 0. The van der Waals surface area contributed by atoms with E-state index in [4.69, 9.17) is 0 Å². The standard InChI is InChI=1S/C15H20F11I/c1-3-5-6-7-8-10(27,4-2)9-11(16,14(21,22)23)12(17,18)13(19,20)15(24,25)26/h3-9H2,1-2H3. The van der Waals surface area contributed by atoms with Crippen LogP contribution in [0.1, 0.15) is 58.8 Å². The van der Waals surface area contributed by atoms with Crippen molar-refractivity contribution in [2.24, 2.45) is 0 Å². The van der Waals surface area contributed by atoms with E-state index in [0.29, 0.717) is 12.8 Å². The van der Waals surface area contributed by atoms with Crippen molar-refractivity contribution >= 4 is 22.6 Å². The van der Waals surface area contributed by atoms with E-state index in [1.165, 1.54) is 29.5 Å². The Morgan fingerprint density at radius 3 is 1.44 bits per heavy atom. The van der Waals surface area contributed by atoms with Crippen LogP contribution in [0, 0.1) is 0 Å². The zero-order chi connectivity index (χ0) is 21.9. The first kappa shape index (κ1) is 27.0. The third-order valence-corrected chi connectivity index (χ3v) is 6.05. The molecule has 0 saturated heterocycles. The van der Waals surface area contributed by atoms with Crippen LogP contribution in [0.15, 0.2) is 0 Å². The minimum atomic E-state index is -7.20. The lowest BCUT2D eigenvalue weighted by molar-refractivity contribution is -0.413. The van der Waals surface area contributed by atoms with Crippen LogP contribution in [-0.4, -0.2) is 33.3 Å². The van der Waals surface area contributed by atoms with Gasteiger partial charge in [-0.15, -0.1) is 0 Å². The van der Waals surface area contributed by atoms with Crippen molar-refractivity contribution in [1.29, 1.82) is 0 Å². The van der Waals surface area contributed by atoms with Gasteiger partial charge in [0, 0.05) is 9.84 Å². The van der Waals surface area contributed by atoms with Crippen molar-refractivity contribution in [3.8, 4) is 0 Å². The van der Waals surface area contributed by atoms with Gasteiger partial charge in [0.15, 0.2) is 0 Å². The lowest BCUT2D eigenvalue weighted by Gasteiger charge is -2.43. The molecule has 0 spiro atoms. The van der Waals surface area contributed by atoms with Crippen LogP contribution in [0.25, 0.3) is 0 Å². The first-order valence-electron chi connectivity index (χ1n) is 8.10. The zero-order valence-corrected chi connectivity index (χ0v) is 16.6. The Labute approximate surface area is 163 Å². The van der Waals surface area contributed by atoms with Gasteiger partial charge in [0.1, 0.15) is 0 Å². The van der Waals surface area contributed by atoms with Crippen molar-refractivity contribution < 1.29 is 48.3 Å². The van der Waals surface area contributed by atoms with Gasteiger partial charge in [-0.1, -0.05) is 62.1 Å². The largest absolute Gasteiger partial charge is 0.460 e. The molecule has 0 aliphatic carbocycles. The fourth-order valence-electron chi connectivity index (χ4n) is 2.51. The van der Waals surface area contributed by atoms with Gasteiger partial charge in [-0.3, -0.25) is 0 Å². The van der Waals surface area contributed by atoms with Crippen molar-refractivity contribution in [1.82, 2.24) is 0 Å². The molecule has 0 aliphatic rings. The van der Waals surface area contributed by atoms with Crippen molar-refractivity contribution in [3.05, 3.63) is 0 Å². The molecule has 12 heteroatoms. The fourth-order valence-corrected chi connectivity index (χ4v) is 3.42. The Morgan fingerprint density at radius 1 is 0.630 bits per heavy atom. The Balaban J connectivity index is 6.03. The van der Waals surface area contributed by atoms with Gasteiger partial charge in [0.05, 0.1) is 0 Å². The SMILES string of the molecule is CCCCCCC(I)(CC)CC(F)(C(F)(F)F)C(F)(F)C(F)(F)C(F)(F)F. The summed E-state index contributed by atoms with van der Waals surface area (Å²) in [6.07, 6.45) is -14.4. The summed E-state index contributed by atoms with van der Waals surface area (Å²) in [5.41, 5.74) is -6.05. The Bertz CT molecular complexity index is 471. The van der Waals surface area contributed by atoms with E-state index in [1.807, 2.05) is 6.92 Å². The minimum Gasteiger partial charge on any atom is -0.227 e. The van der Waals surface area contributed by atoms with Gasteiger partial charge in [0.25, 0.3) is 5.67 Å². The lowest BCUT2D eigenvalue weighted by Crippen LogP contribution is -2.68. The van der Waals surface area contributed by atoms with Gasteiger partial charge in [-0.05, 0) is 12.8 Å². The van der Waals surface area contributed by atoms with Crippen LogP contribution in [0.4, 0.5) is 48.3 Å². The average Bonchev–Trinajstić information content (AvgIpc) is 2.49. The van der Waals surface area contributed by atoms with E-state index in [2.05, 4.69) is 0 Å². The third-order valence-electron chi connectivity index (χ3n) is 4.37. The van der Waals surface area contributed by atoms with E-state index in [-0.39, 0.29) is 19.3 Å². The van der Waals surface area contributed by atoms with Gasteiger partial charge < -0.3 is 0 Å². The molecular formula is C15H20F11I. The topological polar surface area (TPSA) is 0 Å². The minimum absolute atomic E-state index is 0.194. The first-order valence-corrected chi connectivity index (χ1v) is 9.17. The third kappa shape index (κ3) is 5.52. The summed E-state index contributed by atoms with van der Waals surface area (Å²) in [5, 5.41) is 0. The maximum Gasteiger partial charge on any atom is 0.460 e. The van der Waals surface area contributed by atoms with Crippen LogP contribution in [0.3, 0.4) is 0 Å². The summed E-state index contributed by atoms with van der Waals surface area (Å²) < 4.78 is 143. The molecular weight excluding hydrogens is 516 g/mol. The zero-order valence-electron chi connectivity index (χ0n) is 14.5. The molecule has 0 aromatic rings. The van der Waals surface area contributed by atoms with Gasteiger partial charge in [0.2, 0.25) is 0 Å².